The van der Waals surface area contributed by atoms with Gasteiger partial charge in [0.15, 0.2) is 0 Å². The van der Waals surface area contributed by atoms with Gasteiger partial charge in [0.1, 0.15) is 5.21 Å². The van der Waals surface area contributed by atoms with Crippen molar-refractivity contribution in [2.24, 2.45) is 0 Å². The molecule has 0 bridgehead atoms. The van der Waals surface area contributed by atoms with Crippen LogP contribution in [0.4, 0.5) is 0 Å². The van der Waals surface area contributed by atoms with Crippen LogP contribution in [-0.2, 0) is 23.0 Å². The molecule has 0 radical (unpaired) electrons. The predicted molar refractivity (Wildman–Crippen MR) is 62.3 cm³/mol. The first-order chi connectivity index (χ1) is 7.09. The van der Waals surface area contributed by atoms with Crippen molar-refractivity contribution in [1.29, 1.82) is 0 Å². The molecule has 0 aliphatic rings. The van der Waals surface area contributed by atoms with Crippen LogP contribution in [0.2, 0.25) is 0 Å². The third-order valence-corrected chi connectivity index (χ3v) is 3.86. The topological polar surface area (TPSA) is 46.2 Å². The summed E-state index contributed by atoms with van der Waals surface area (Å²) in [5.41, 5.74) is 2.14. The highest BCUT2D eigenvalue weighted by Gasteiger charge is 2.08. The average Bonchev–Trinajstić information content (AvgIpc) is 2.27. The Kier molecular flexibility index (Phi) is 4.57. The van der Waals surface area contributed by atoms with Crippen molar-refractivity contribution in [1.82, 2.24) is 4.72 Å². The first-order valence-electron chi connectivity index (χ1n) is 4.69. The fourth-order valence-corrected chi connectivity index (χ4v) is 1.99. The van der Waals surface area contributed by atoms with Gasteiger partial charge in [-0.05, 0) is 17.5 Å². The Balaban J connectivity index is 2.73. The highest BCUT2D eigenvalue weighted by atomic mass is 35.5. The number of alkyl halides is 1. The molecular formula is C10H14ClNO2S. The molecule has 0 aliphatic heterocycles. The summed E-state index contributed by atoms with van der Waals surface area (Å²) in [6.45, 7) is 2.34. The summed E-state index contributed by atoms with van der Waals surface area (Å²) in [5.74, 6) is 0. The molecule has 0 aromatic heterocycles. The van der Waals surface area contributed by atoms with Gasteiger partial charge in [-0.15, -0.1) is 11.6 Å². The summed E-state index contributed by atoms with van der Waals surface area (Å²) < 4.78 is 24.7. The average molecular weight is 248 g/mol. The molecule has 1 N–H and O–H groups in total. The van der Waals surface area contributed by atoms with Gasteiger partial charge in [-0.3, -0.25) is 0 Å². The van der Waals surface area contributed by atoms with E-state index < -0.39 is 15.2 Å². The number of rotatable bonds is 5. The van der Waals surface area contributed by atoms with Crippen molar-refractivity contribution in [2.45, 2.75) is 19.9 Å². The Bertz CT molecular complexity index is 417. The second-order valence-electron chi connectivity index (χ2n) is 3.17. The molecule has 5 heteroatoms. The lowest BCUT2D eigenvalue weighted by atomic mass is 10.1. The molecule has 3 nitrogen and oxygen atoms in total. The fraction of sp³-hybridized carbons (Fsp3) is 0.400. The quantitative estimate of drug-likeness (QED) is 0.808. The zero-order valence-corrected chi connectivity index (χ0v) is 10.1. The molecule has 15 heavy (non-hydrogen) atoms. The van der Waals surface area contributed by atoms with Crippen LogP contribution >= 0.6 is 11.6 Å². The molecule has 0 atom stereocenters. The van der Waals surface area contributed by atoms with Gasteiger partial charge < -0.3 is 0 Å². The lowest BCUT2D eigenvalue weighted by molar-refractivity contribution is 0.586. The van der Waals surface area contributed by atoms with E-state index in [0.717, 1.165) is 17.5 Å². The largest absolute Gasteiger partial charge is 0.225 e. The Morgan fingerprint density at radius 1 is 1.27 bits per heavy atom. The highest BCUT2D eigenvalue weighted by molar-refractivity contribution is 7.90. The zero-order chi connectivity index (χ0) is 11.3. The number of aryl methyl sites for hydroxylation is 1. The monoisotopic (exact) mass is 247 g/mol. The lowest BCUT2D eigenvalue weighted by Crippen LogP contribution is -2.24. The van der Waals surface area contributed by atoms with Crippen molar-refractivity contribution in [2.75, 3.05) is 5.21 Å². The van der Waals surface area contributed by atoms with E-state index in [4.69, 9.17) is 11.6 Å². The van der Waals surface area contributed by atoms with E-state index in [1.54, 1.807) is 0 Å². The molecule has 0 saturated heterocycles. The van der Waals surface area contributed by atoms with Gasteiger partial charge in [0, 0.05) is 6.54 Å². The molecule has 0 aliphatic carbocycles. The summed E-state index contributed by atoms with van der Waals surface area (Å²) in [6, 6.07) is 7.74. The molecule has 0 amide bonds. The van der Waals surface area contributed by atoms with Crippen molar-refractivity contribution in [3.05, 3.63) is 35.4 Å². The second kappa shape index (κ2) is 5.49. The number of halogens is 1. The summed E-state index contributed by atoms with van der Waals surface area (Å²) in [7, 11) is -3.33. The minimum absolute atomic E-state index is 0.305. The van der Waals surface area contributed by atoms with Gasteiger partial charge in [-0.1, -0.05) is 31.2 Å². The van der Waals surface area contributed by atoms with Gasteiger partial charge >= 0.3 is 0 Å². The van der Waals surface area contributed by atoms with Crippen molar-refractivity contribution >= 4 is 21.6 Å². The molecule has 0 spiro atoms. The summed E-state index contributed by atoms with van der Waals surface area (Å²) >= 11 is 5.28. The van der Waals surface area contributed by atoms with E-state index in [-0.39, 0.29) is 0 Å². The van der Waals surface area contributed by atoms with Gasteiger partial charge in [0.25, 0.3) is 0 Å². The third kappa shape index (κ3) is 3.81. The molecule has 0 heterocycles. The zero-order valence-electron chi connectivity index (χ0n) is 8.53. The summed E-state index contributed by atoms with van der Waals surface area (Å²) in [5, 5.41) is -0.401. The Morgan fingerprint density at radius 3 is 2.40 bits per heavy atom. The maximum absolute atomic E-state index is 11.1. The molecule has 1 rings (SSSR count). The minimum atomic E-state index is -3.33. The van der Waals surface area contributed by atoms with E-state index in [1.165, 1.54) is 0 Å². The number of nitrogens with one attached hydrogen (secondary N) is 1. The number of sulfonamides is 1. The van der Waals surface area contributed by atoms with E-state index in [0.29, 0.717) is 6.54 Å². The smallest absolute Gasteiger partial charge is 0.211 e. The first-order valence-corrected chi connectivity index (χ1v) is 6.88. The van der Waals surface area contributed by atoms with Crippen LogP contribution < -0.4 is 4.72 Å². The summed E-state index contributed by atoms with van der Waals surface area (Å²) in [6.07, 6.45) is 0.888. The summed E-state index contributed by atoms with van der Waals surface area (Å²) in [4.78, 5) is 0. The van der Waals surface area contributed by atoms with Gasteiger partial charge in [-0.25, -0.2) is 13.1 Å². The van der Waals surface area contributed by atoms with Crippen LogP contribution in [0.15, 0.2) is 24.3 Å². The van der Waals surface area contributed by atoms with E-state index in [2.05, 4.69) is 4.72 Å². The molecule has 1 aromatic carbocycles. The standard InChI is InChI=1S/C10H14ClNO2S/c1-2-9-5-3-4-6-10(9)7-12-15(13,14)8-11/h3-6,12H,2,7-8H2,1H3. The van der Waals surface area contributed by atoms with E-state index in [9.17, 15) is 8.42 Å². The molecule has 0 saturated carbocycles. The Morgan fingerprint density at radius 2 is 1.87 bits per heavy atom. The predicted octanol–water partition coefficient (Wildman–Crippen LogP) is 1.86. The Hall–Kier alpha value is -0.580. The number of hydrogen-bond donors (Lipinski definition) is 1. The first kappa shape index (κ1) is 12.5. The molecule has 84 valence electrons. The highest BCUT2D eigenvalue weighted by Crippen LogP contribution is 2.09. The number of benzene rings is 1. The molecule has 1 aromatic rings. The van der Waals surface area contributed by atoms with Crippen LogP contribution in [0.1, 0.15) is 18.1 Å². The van der Waals surface area contributed by atoms with Crippen LogP contribution in [0.5, 0.6) is 0 Å². The van der Waals surface area contributed by atoms with Gasteiger partial charge in [0.05, 0.1) is 0 Å². The van der Waals surface area contributed by atoms with Crippen LogP contribution in [0.3, 0.4) is 0 Å². The molecule has 0 unspecified atom stereocenters. The van der Waals surface area contributed by atoms with Crippen LogP contribution in [0, 0.1) is 0 Å². The lowest BCUT2D eigenvalue weighted by Gasteiger charge is -2.08. The van der Waals surface area contributed by atoms with E-state index >= 15 is 0 Å². The maximum Gasteiger partial charge on any atom is 0.225 e. The second-order valence-corrected chi connectivity index (χ2v) is 5.56. The normalized spacial score (nSPS) is 11.6. The number of hydrogen-bond acceptors (Lipinski definition) is 2. The van der Waals surface area contributed by atoms with Crippen molar-refractivity contribution in [3.63, 3.8) is 0 Å². The maximum atomic E-state index is 11.1. The molecular weight excluding hydrogens is 234 g/mol. The van der Waals surface area contributed by atoms with Gasteiger partial charge in [0.2, 0.25) is 10.0 Å². The fourth-order valence-electron chi connectivity index (χ4n) is 1.30. The van der Waals surface area contributed by atoms with E-state index in [1.807, 2.05) is 31.2 Å². The van der Waals surface area contributed by atoms with Crippen LogP contribution in [-0.4, -0.2) is 13.6 Å². The van der Waals surface area contributed by atoms with Gasteiger partial charge in [-0.2, -0.15) is 0 Å². The third-order valence-electron chi connectivity index (χ3n) is 2.13. The van der Waals surface area contributed by atoms with Crippen LogP contribution in [0.25, 0.3) is 0 Å². The SMILES string of the molecule is CCc1ccccc1CNS(=O)(=O)CCl. The van der Waals surface area contributed by atoms with Crippen molar-refractivity contribution in [3.8, 4) is 0 Å². The van der Waals surface area contributed by atoms with Crippen molar-refractivity contribution < 1.29 is 8.42 Å². The minimum Gasteiger partial charge on any atom is -0.211 e. The Labute approximate surface area is 95.5 Å². The molecule has 0 fully saturated rings.